The molecule has 2 heterocycles. The molecule has 146 valence electrons. The van der Waals surface area contributed by atoms with E-state index in [-0.39, 0.29) is 5.91 Å². The Morgan fingerprint density at radius 3 is 2.52 bits per heavy atom. The van der Waals surface area contributed by atoms with E-state index < -0.39 is 0 Å². The van der Waals surface area contributed by atoms with Crippen molar-refractivity contribution in [2.75, 3.05) is 4.90 Å². The smallest absolute Gasteiger partial charge is 0.233 e. The largest absolute Gasteiger partial charge is 0.282 e. The van der Waals surface area contributed by atoms with Gasteiger partial charge in [0.25, 0.3) is 0 Å². The van der Waals surface area contributed by atoms with Crippen molar-refractivity contribution in [1.29, 1.82) is 0 Å². The fourth-order valence-electron chi connectivity index (χ4n) is 3.32. The Labute approximate surface area is 174 Å². The molecule has 0 radical (unpaired) electrons. The number of anilines is 1. The Kier molecular flexibility index (Phi) is 5.67. The maximum absolute atomic E-state index is 13.3. The normalized spacial score (nSPS) is 11.1. The fraction of sp³-hybridized carbons (Fsp3) is 0.208. The van der Waals surface area contributed by atoms with E-state index in [0.717, 1.165) is 26.6 Å². The lowest BCUT2D eigenvalue weighted by Gasteiger charge is -2.19. The lowest BCUT2D eigenvalue weighted by Crippen LogP contribution is -2.32. The molecule has 0 unspecified atom stereocenters. The molecule has 0 N–H and O–H groups in total. The van der Waals surface area contributed by atoms with E-state index in [9.17, 15) is 4.79 Å². The minimum atomic E-state index is 0.0204. The molecule has 0 saturated heterocycles. The second-order valence-corrected chi connectivity index (χ2v) is 8.32. The lowest BCUT2D eigenvalue weighted by molar-refractivity contribution is -0.118. The van der Waals surface area contributed by atoms with Gasteiger partial charge < -0.3 is 0 Å². The molecule has 5 heteroatoms. The van der Waals surface area contributed by atoms with E-state index in [4.69, 9.17) is 4.98 Å². The number of carbonyl (C=O) groups excluding carboxylic acids is 1. The predicted octanol–water partition coefficient (Wildman–Crippen LogP) is 5.59. The molecule has 2 aromatic carbocycles. The Morgan fingerprint density at radius 2 is 1.79 bits per heavy atom. The molecule has 0 aliphatic rings. The van der Waals surface area contributed by atoms with E-state index in [1.165, 1.54) is 5.56 Å². The summed E-state index contributed by atoms with van der Waals surface area (Å²) in [5, 5.41) is 0.722. The van der Waals surface area contributed by atoms with Gasteiger partial charge in [0.15, 0.2) is 5.13 Å². The summed E-state index contributed by atoms with van der Waals surface area (Å²) in [7, 11) is 0. The van der Waals surface area contributed by atoms with Gasteiger partial charge in [0.05, 0.1) is 28.9 Å². The van der Waals surface area contributed by atoms with Gasteiger partial charge in [0.1, 0.15) is 0 Å². The molecular weight excluding hydrogens is 378 g/mol. The zero-order valence-electron chi connectivity index (χ0n) is 16.6. The van der Waals surface area contributed by atoms with Crippen LogP contribution in [-0.2, 0) is 17.8 Å². The Morgan fingerprint density at radius 1 is 1.00 bits per heavy atom. The average Bonchev–Trinajstić information content (AvgIpc) is 3.17. The molecule has 0 fully saturated rings. The molecule has 4 rings (SSSR count). The van der Waals surface area contributed by atoms with Crippen LogP contribution in [0.3, 0.4) is 0 Å². The second-order valence-electron chi connectivity index (χ2n) is 7.31. The highest BCUT2D eigenvalue weighted by Gasteiger charge is 2.22. The van der Waals surface area contributed by atoms with Crippen molar-refractivity contribution in [2.24, 2.45) is 0 Å². The summed E-state index contributed by atoms with van der Waals surface area (Å²) in [5.41, 5.74) is 4.03. The van der Waals surface area contributed by atoms with Crippen molar-refractivity contribution in [3.63, 3.8) is 0 Å². The predicted molar refractivity (Wildman–Crippen MR) is 119 cm³/mol. The molecule has 2 aromatic heterocycles. The number of nitrogens with zero attached hydrogens (tertiary/aromatic N) is 3. The molecule has 0 aliphatic carbocycles. The van der Waals surface area contributed by atoms with Gasteiger partial charge in [0, 0.05) is 6.20 Å². The molecule has 4 nitrogen and oxygen atoms in total. The maximum Gasteiger partial charge on any atom is 0.233 e. The van der Waals surface area contributed by atoms with E-state index in [0.29, 0.717) is 18.9 Å². The van der Waals surface area contributed by atoms with Crippen molar-refractivity contribution < 1.29 is 4.79 Å². The van der Waals surface area contributed by atoms with Gasteiger partial charge in [0.2, 0.25) is 5.91 Å². The average molecular weight is 402 g/mol. The maximum atomic E-state index is 13.3. The van der Waals surface area contributed by atoms with Crippen LogP contribution >= 0.6 is 11.3 Å². The number of amides is 1. The van der Waals surface area contributed by atoms with Gasteiger partial charge >= 0.3 is 0 Å². The fourth-order valence-corrected chi connectivity index (χ4v) is 4.34. The summed E-state index contributed by atoms with van der Waals surface area (Å²) in [6, 6.07) is 21.8. The molecule has 0 saturated carbocycles. The van der Waals surface area contributed by atoms with Crippen molar-refractivity contribution in [1.82, 2.24) is 9.97 Å². The minimum Gasteiger partial charge on any atom is -0.282 e. The van der Waals surface area contributed by atoms with Crippen LogP contribution in [0.5, 0.6) is 0 Å². The summed E-state index contributed by atoms with van der Waals surface area (Å²) in [5.74, 6) is 0.393. The molecule has 0 atom stereocenters. The van der Waals surface area contributed by atoms with Gasteiger partial charge in [-0.1, -0.05) is 73.7 Å². The number of carbonyl (C=O) groups is 1. The van der Waals surface area contributed by atoms with Crippen LogP contribution in [0.25, 0.3) is 10.2 Å². The second kappa shape index (κ2) is 8.53. The summed E-state index contributed by atoms with van der Waals surface area (Å²) in [6.07, 6.45) is 2.09. The first kappa shape index (κ1) is 19.3. The quantitative estimate of drug-likeness (QED) is 0.423. The SMILES string of the molecule is CC(C)c1cccc2sc(N(Cc3ccccn3)C(=O)Cc3ccccc3)nc12. The van der Waals surface area contributed by atoms with Crippen molar-refractivity contribution in [2.45, 2.75) is 32.7 Å². The first-order valence-corrected chi connectivity index (χ1v) is 10.6. The Bertz CT molecular complexity index is 1110. The molecule has 0 bridgehead atoms. The number of benzene rings is 2. The van der Waals surface area contributed by atoms with E-state index in [1.54, 1.807) is 22.4 Å². The van der Waals surface area contributed by atoms with Gasteiger partial charge in [-0.15, -0.1) is 0 Å². The summed E-state index contributed by atoms with van der Waals surface area (Å²) in [4.78, 5) is 24.4. The van der Waals surface area contributed by atoms with Crippen LogP contribution in [0.4, 0.5) is 5.13 Å². The van der Waals surface area contributed by atoms with Crippen LogP contribution < -0.4 is 4.90 Å². The molecule has 4 aromatic rings. The number of fused-ring (bicyclic) bond motifs is 1. The monoisotopic (exact) mass is 401 g/mol. The molecule has 0 spiro atoms. The van der Waals surface area contributed by atoms with Crippen LogP contribution in [0, 0.1) is 0 Å². The first-order chi connectivity index (χ1) is 14.1. The molecule has 1 amide bonds. The standard InChI is InChI=1S/C24H23N3OS/c1-17(2)20-12-8-13-21-23(20)26-24(29-21)27(16-19-11-6-7-14-25-19)22(28)15-18-9-4-3-5-10-18/h3-14,17H,15-16H2,1-2H3. The third-order valence-electron chi connectivity index (χ3n) is 4.84. The van der Waals surface area contributed by atoms with Gasteiger partial charge in [-0.2, -0.15) is 0 Å². The number of hydrogen-bond donors (Lipinski definition) is 0. The highest BCUT2D eigenvalue weighted by Crippen LogP contribution is 2.34. The van der Waals surface area contributed by atoms with E-state index in [1.807, 2.05) is 48.5 Å². The van der Waals surface area contributed by atoms with Crippen LogP contribution in [0.1, 0.15) is 36.6 Å². The number of pyridine rings is 1. The van der Waals surface area contributed by atoms with Crippen molar-refractivity contribution in [3.05, 3.63) is 89.7 Å². The highest BCUT2D eigenvalue weighted by atomic mass is 32.1. The van der Waals surface area contributed by atoms with Gasteiger partial charge in [-0.05, 0) is 35.2 Å². The number of rotatable bonds is 6. The third kappa shape index (κ3) is 4.35. The zero-order chi connectivity index (χ0) is 20.2. The number of aromatic nitrogens is 2. The van der Waals surface area contributed by atoms with Crippen molar-refractivity contribution in [3.8, 4) is 0 Å². The van der Waals surface area contributed by atoms with Gasteiger partial charge in [-0.25, -0.2) is 4.98 Å². The van der Waals surface area contributed by atoms with Crippen LogP contribution in [-0.4, -0.2) is 15.9 Å². The number of hydrogen-bond acceptors (Lipinski definition) is 4. The first-order valence-electron chi connectivity index (χ1n) is 9.75. The third-order valence-corrected chi connectivity index (χ3v) is 5.88. The number of para-hydroxylation sites is 1. The Hall–Kier alpha value is -3.05. The van der Waals surface area contributed by atoms with Crippen molar-refractivity contribution >= 4 is 32.6 Å². The summed E-state index contributed by atoms with van der Waals surface area (Å²) >= 11 is 1.56. The van der Waals surface area contributed by atoms with E-state index >= 15 is 0 Å². The Balaban J connectivity index is 1.72. The highest BCUT2D eigenvalue weighted by molar-refractivity contribution is 7.22. The molecule has 29 heavy (non-hydrogen) atoms. The van der Waals surface area contributed by atoms with E-state index in [2.05, 4.69) is 37.0 Å². The topological polar surface area (TPSA) is 46.1 Å². The minimum absolute atomic E-state index is 0.0204. The number of thiazole rings is 1. The van der Waals surface area contributed by atoms with Crippen LogP contribution in [0.15, 0.2) is 72.9 Å². The molecular formula is C24H23N3OS. The lowest BCUT2D eigenvalue weighted by atomic mass is 10.0. The van der Waals surface area contributed by atoms with Crippen LogP contribution in [0.2, 0.25) is 0 Å². The zero-order valence-corrected chi connectivity index (χ0v) is 17.4. The molecule has 0 aliphatic heterocycles. The summed E-state index contributed by atoms with van der Waals surface area (Å²) < 4.78 is 1.10. The summed E-state index contributed by atoms with van der Waals surface area (Å²) in [6.45, 7) is 4.74. The van der Waals surface area contributed by atoms with Gasteiger partial charge in [-0.3, -0.25) is 14.7 Å².